The van der Waals surface area contributed by atoms with E-state index in [4.69, 9.17) is 0 Å². The third-order valence-electron chi connectivity index (χ3n) is 5.26. The van der Waals surface area contributed by atoms with Crippen LogP contribution in [0.5, 0.6) is 0 Å². The fourth-order valence-electron chi connectivity index (χ4n) is 3.72. The summed E-state index contributed by atoms with van der Waals surface area (Å²) in [6.45, 7) is 16.6. The van der Waals surface area contributed by atoms with Crippen LogP contribution in [0, 0.1) is 5.41 Å². The minimum Gasteiger partial charge on any atom is -0.311 e. The van der Waals surface area contributed by atoms with Crippen molar-refractivity contribution in [2.75, 3.05) is 20.1 Å². The van der Waals surface area contributed by atoms with Gasteiger partial charge < -0.3 is 5.32 Å². The van der Waals surface area contributed by atoms with Crippen LogP contribution < -0.4 is 5.32 Å². The molecule has 2 nitrogen and oxygen atoms in total. The van der Waals surface area contributed by atoms with Crippen molar-refractivity contribution in [3.63, 3.8) is 0 Å². The lowest BCUT2D eigenvalue weighted by atomic mass is 9.68. The highest BCUT2D eigenvalue weighted by atomic mass is 15.2. The van der Waals surface area contributed by atoms with E-state index in [9.17, 15) is 0 Å². The second-order valence-electron chi connectivity index (χ2n) is 7.60. The summed E-state index contributed by atoms with van der Waals surface area (Å²) in [5.41, 5.74) is 1.03. The Morgan fingerprint density at radius 3 is 2.11 bits per heavy atom. The van der Waals surface area contributed by atoms with Gasteiger partial charge in [0.15, 0.2) is 0 Å². The van der Waals surface area contributed by atoms with E-state index in [2.05, 4.69) is 58.8 Å². The number of hydrogen-bond donors (Lipinski definition) is 1. The highest BCUT2D eigenvalue weighted by molar-refractivity contribution is 4.96. The molecule has 0 aromatic rings. The first-order valence-corrected chi connectivity index (χ1v) is 7.63. The van der Waals surface area contributed by atoms with Gasteiger partial charge >= 0.3 is 0 Å². The zero-order chi connectivity index (χ0) is 14.0. The summed E-state index contributed by atoms with van der Waals surface area (Å²) in [6.07, 6.45) is 5.07. The van der Waals surface area contributed by atoms with Gasteiger partial charge in [-0.25, -0.2) is 0 Å². The zero-order valence-corrected chi connectivity index (χ0v) is 13.7. The molecule has 2 heteroatoms. The van der Waals surface area contributed by atoms with Crippen molar-refractivity contribution in [3.8, 4) is 0 Å². The van der Waals surface area contributed by atoms with Gasteiger partial charge in [-0.1, -0.05) is 27.2 Å². The van der Waals surface area contributed by atoms with Crippen LogP contribution in [0.25, 0.3) is 0 Å². The number of rotatable bonds is 2. The molecule has 0 spiro atoms. The van der Waals surface area contributed by atoms with Gasteiger partial charge in [0.25, 0.3) is 0 Å². The Kier molecular flexibility index (Phi) is 4.88. The average molecular weight is 254 g/mol. The van der Waals surface area contributed by atoms with Crippen molar-refractivity contribution in [1.82, 2.24) is 10.2 Å². The average Bonchev–Trinajstić information content (AvgIpc) is 2.29. The minimum absolute atomic E-state index is 0.255. The van der Waals surface area contributed by atoms with Crippen LogP contribution in [0.1, 0.15) is 67.2 Å². The Bertz CT molecular complexity index is 274. The van der Waals surface area contributed by atoms with Crippen molar-refractivity contribution in [1.29, 1.82) is 0 Å². The molecule has 1 aliphatic rings. The SMILES string of the molecule is CCC1(C)CC(C)(C)NCCN(C)C(C)(CC)C1. The van der Waals surface area contributed by atoms with Gasteiger partial charge in [-0.05, 0) is 52.5 Å². The summed E-state index contributed by atoms with van der Waals surface area (Å²) in [4.78, 5) is 2.56. The lowest BCUT2D eigenvalue weighted by molar-refractivity contribution is 0.0663. The maximum atomic E-state index is 3.74. The molecule has 1 aliphatic heterocycles. The van der Waals surface area contributed by atoms with Crippen LogP contribution in [0.3, 0.4) is 0 Å². The predicted molar refractivity (Wildman–Crippen MR) is 81.0 cm³/mol. The van der Waals surface area contributed by atoms with Gasteiger partial charge in [-0.3, -0.25) is 4.90 Å². The van der Waals surface area contributed by atoms with Crippen molar-refractivity contribution in [3.05, 3.63) is 0 Å². The Morgan fingerprint density at radius 2 is 1.61 bits per heavy atom. The number of likely N-dealkylation sites (N-methyl/N-ethyl adjacent to an activating group) is 1. The first-order valence-electron chi connectivity index (χ1n) is 7.63. The molecule has 2 unspecified atom stereocenters. The molecule has 1 fully saturated rings. The van der Waals surface area contributed by atoms with E-state index in [1.807, 2.05) is 0 Å². The van der Waals surface area contributed by atoms with Gasteiger partial charge in [0.2, 0.25) is 0 Å². The summed E-state index contributed by atoms with van der Waals surface area (Å²) in [5, 5.41) is 3.74. The minimum atomic E-state index is 0.255. The Hall–Kier alpha value is -0.0800. The van der Waals surface area contributed by atoms with Gasteiger partial charge in [-0.15, -0.1) is 0 Å². The van der Waals surface area contributed by atoms with E-state index in [-0.39, 0.29) is 5.54 Å². The van der Waals surface area contributed by atoms with E-state index in [0.717, 1.165) is 13.1 Å². The molecule has 0 saturated carbocycles. The van der Waals surface area contributed by atoms with Crippen molar-refractivity contribution < 1.29 is 0 Å². The van der Waals surface area contributed by atoms with Crippen LogP contribution in [-0.2, 0) is 0 Å². The maximum absolute atomic E-state index is 3.74. The Labute approximate surface area is 115 Å². The number of nitrogens with zero attached hydrogens (tertiary/aromatic N) is 1. The van der Waals surface area contributed by atoms with E-state index < -0.39 is 0 Å². The molecule has 1 saturated heterocycles. The third kappa shape index (κ3) is 3.71. The van der Waals surface area contributed by atoms with Crippen LogP contribution >= 0.6 is 0 Å². The molecular formula is C16H34N2. The molecule has 18 heavy (non-hydrogen) atoms. The third-order valence-corrected chi connectivity index (χ3v) is 5.26. The van der Waals surface area contributed by atoms with Crippen molar-refractivity contribution >= 4 is 0 Å². The van der Waals surface area contributed by atoms with Crippen LogP contribution in [-0.4, -0.2) is 36.1 Å². The molecule has 0 bridgehead atoms. The fourth-order valence-corrected chi connectivity index (χ4v) is 3.72. The van der Waals surface area contributed by atoms with E-state index in [0.29, 0.717) is 11.0 Å². The Balaban J connectivity index is 3.02. The monoisotopic (exact) mass is 254 g/mol. The lowest BCUT2D eigenvalue weighted by Crippen LogP contribution is -2.47. The second kappa shape index (κ2) is 5.50. The molecule has 0 amide bonds. The molecule has 1 N–H and O–H groups in total. The summed E-state index contributed by atoms with van der Waals surface area (Å²) in [6, 6.07) is 0. The molecule has 0 aliphatic carbocycles. The van der Waals surface area contributed by atoms with Crippen LogP contribution in [0.2, 0.25) is 0 Å². The maximum Gasteiger partial charge on any atom is 0.0181 e. The van der Waals surface area contributed by atoms with E-state index in [1.165, 1.54) is 25.7 Å². The van der Waals surface area contributed by atoms with Gasteiger partial charge in [0.05, 0.1) is 0 Å². The zero-order valence-electron chi connectivity index (χ0n) is 13.7. The predicted octanol–water partition coefficient (Wildman–Crippen LogP) is 3.67. The topological polar surface area (TPSA) is 15.3 Å². The highest BCUT2D eigenvalue weighted by Gasteiger charge is 2.40. The standard InChI is InChI=1S/C16H34N2/c1-8-15(5)12-14(3,4)17-10-11-18(7)16(6,9-2)13-15/h17H,8-13H2,1-7H3. The molecule has 0 aromatic carbocycles. The molecule has 1 heterocycles. The fraction of sp³-hybridized carbons (Fsp3) is 1.00. The van der Waals surface area contributed by atoms with Crippen molar-refractivity contribution in [2.45, 2.75) is 78.3 Å². The van der Waals surface area contributed by atoms with Gasteiger partial charge in [0, 0.05) is 24.2 Å². The first kappa shape index (κ1) is 16.0. The number of nitrogens with one attached hydrogen (secondary N) is 1. The van der Waals surface area contributed by atoms with Crippen LogP contribution in [0.15, 0.2) is 0 Å². The van der Waals surface area contributed by atoms with Crippen molar-refractivity contribution in [2.24, 2.45) is 5.41 Å². The quantitative estimate of drug-likeness (QED) is 0.809. The summed E-state index contributed by atoms with van der Waals surface area (Å²) in [5.74, 6) is 0. The summed E-state index contributed by atoms with van der Waals surface area (Å²) < 4.78 is 0. The molecular weight excluding hydrogens is 220 g/mol. The Morgan fingerprint density at radius 1 is 1.00 bits per heavy atom. The van der Waals surface area contributed by atoms with E-state index in [1.54, 1.807) is 0 Å². The number of hydrogen-bond acceptors (Lipinski definition) is 2. The molecule has 108 valence electrons. The normalized spacial score (nSPS) is 38.8. The highest BCUT2D eigenvalue weighted by Crippen LogP contribution is 2.42. The largest absolute Gasteiger partial charge is 0.311 e. The molecule has 2 atom stereocenters. The molecule has 0 radical (unpaired) electrons. The summed E-state index contributed by atoms with van der Waals surface area (Å²) in [7, 11) is 2.29. The van der Waals surface area contributed by atoms with Gasteiger partial charge in [-0.2, -0.15) is 0 Å². The lowest BCUT2D eigenvalue weighted by Gasteiger charge is -2.45. The van der Waals surface area contributed by atoms with Crippen LogP contribution in [0.4, 0.5) is 0 Å². The molecule has 1 rings (SSSR count). The van der Waals surface area contributed by atoms with Gasteiger partial charge in [0.1, 0.15) is 0 Å². The second-order valence-corrected chi connectivity index (χ2v) is 7.60. The van der Waals surface area contributed by atoms with E-state index >= 15 is 0 Å². The first-order chi connectivity index (χ1) is 8.16. The smallest absolute Gasteiger partial charge is 0.0181 e. The molecule has 0 aromatic heterocycles. The summed E-state index contributed by atoms with van der Waals surface area (Å²) >= 11 is 0.